The minimum absolute atomic E-state index is 0.130. The number of ether oxygens (including phenoxy) is 1. The fraction of sp³-hybridized carbons (Fsp3) is 0.148. The van der Waals surface area contributed by atoms with Gasteiger partial charge in [0.15, 0.2) is 0 Å². The number of carbonyl (C=O) groups excluding carboxylic acids is 2. The monoisotopic (exact) mass is 595 g/mol. The van der Waals surface area contributed by atoms with Crippen LogP contribution < -0.4 is 10.1 Å². The van der Waals surface area contributed by atoms with Gasteiger partial charge in [-0.25, -0.2) is 0 Å². The highest BCUT2D eigenvalue weighted by atomic mass is 79.9. The Bertz CT molecular complexity index is 1510. The summed E-state index contributed by atoms with van der Waals surface area (Å²) in [6.45, 7) is 0.834. The first-order valence-corrected chi connectivity index (χ1v) is 13.4. The summed E-state index contributed by atoms with van der Waals surface area (Å²) in [6, 6.07) is 17.0. The molecule has 37 heavy (non-hydrogen) atoms. The Balaban J connectivity index is 1.37. The van der Waals surface area contributed by atoms with Crippen LogP contribution in [0.5, 0.6) is 5.75 Å². The topological polar surface area (TPSA) is 76.7 Å². The van der Waals surface area contributed by atoms with Crippen LogP contribution in [0, 0.1) is 0 Å². The average Bonchev–Trinajstić information content (AvgIpc) is 3.59. The van der Waals surface area contributed by atoms with E-state index in [9.17, 15) is 9.59 Å². The number of thioether (sulfide) groups is 1. The summed E-state index contributed by atoms with van der Waals surface area (Å²) in [7, 11) is 1.62. The molecule has 4 aromatic rings. The number of fused-ring (bicyclic) bond motifs is 1. The van der Waals surface area contributed by atoms with Crippen LogP contribution in [0.15, 0.2) is 80.9 Å². The van der Waals surface area contributed by atoms with Crippen LogP contribution in [0.3, 0.4) is 0 Å². The maximum Gasteiger partial charge on any atom is 0.266 e. The van der Waals surface area contributed by atoms with Crippen molar-refractivity contribution in [3.63, 3.8) is 0 Å². The maximum atomic E-state index is 13.3. The summed E-state index contributed by atoms with van der Waals surface area (Å²) in [4.78, 5) is 28.0. The molecule has 0 unspecified atom stereocenters. The van der Waals surface area contributed by atoms with E-state index in [2.05, 4.69) is 21.2 Å². The van der Waals surface area contributed by atoms with Crippen molar-refractivity contribution in [2.75, 3.05) is 7.11 Å². The van der Waals surface area contributed by atoms with Gasteiger partial charge in [0.05, 0.1) is 31.4 Å². The zero-order valence-electron chi connectivity index (χ0n) is 19.8. The molecule has 188 valence electrons. The highest BCUT2D eigenvalue weighted by molar-refractivity contribution is 9.10. The van der Waals surface area contributed by atoms with Crippen molar-refractivity contribution in [2.45, 2.75) is 19.6 Å². The van der Waals surface area contributed by atoms with Gasteiger partial charge in [0.1, 0.15) is 22.4 Å². The van der Waals surface area contributed by atoms with Crippen LogP contribution >= 0.6 is 39.9 Å². The molecule has 0 bridgehead atoms. The zero-order valence-corrected chi connectivity index (χ0v) is 23.0. The molecule has 1 fully saturated rings. The van der Waals surface area contributed by atoms with Crippen molar-refractivity contribution in [3.8, 4) is 5.75 Å². The van der Waals surface area contributed by atoms with Crippen molar-refractivity contribution in [2.24, 2.45) is 0 Å². The van der Waals surface area contributed by atoms with Gasteiger partial charge in [0.2, 0.25) is 5.91 Å². The lowest BCUT2D eigenvalue weighted by Crippen LogP contribution is -2.27. The van der Waals surface area contributed by atoms with Crippen LogP contribution in [0.1, 0.15) is 16.9 Å². The van der Waals surface area contributed by atoms with Gasteiger partial charge in [-0.1, -0.05) is 52.0 Å². The lowest BCUT2D eigenvalue weighted by Gasteiger charge is -2.14. The van der Waals surface area contributed by atoms with E-state index >= 15 is 0 Å². The van der Waals surface area contributed by atoms with Crippen LogP contribution in [0.4, 0.5) is 0 Å². The minimum atomic E-state index is -0.145. The number of rotatable bonds is 8. The molecule has 1 N–H and O–H groups in total. The Kier molecular flexibility index (Phi) is 7.50. The second-order valence-electron chi connectivity index (χ2n) is 8.35. The molecule has 0 spiro atoms. The Morgan fingerprint density at radius 1 is 1.22 bits per heavy atom. The summed E-state index contributed by atoms with van der Waals surface area (Å²) in [5.41, 5.74) is 2.68. The first kappa shape index (κ1) is 25.3. The van der Waals surface area contributed by atoms with E-state index in [1.807, 2.05) is 65.4 Å². The molecule has 0 saturated carbocycles. The predicted octanol–water partition coefficient (Wildman–Crippen LogP) is 5.72. The van der Waals surface area contributed by atoms with E-state index in [4.69, 9.17) is 21.4 Å². The Hall–Kier alpha value is -3.34. The molecule has 10 heteroatoms. The second-order valence-corrected chi connectivity index (χ2v) is 10.9. The van der Waals surface area contributed by atoms with Gasteiger partial charge in [-0.15, -0.1) is 0 Å². The summed E-state index contributed by atoms with van der Waals surface area (Å²) >= 11 is 10.3. The van der Waals surface area contributed by atoms with Crippen molar-refractivity contribution in [1.82, 2.24) is 14.8 Å². The van der Waals surface area contributed by atoms with Gasteiger partial charge in [-0.3, -0.25) is 14.5 Å². The van der Waals surface area contributed by atoms with Gasteiger partial charge < -0.3 is 19.0 Å². The van der Waals surface area contributed by atoms with E-state index in [0.717, 1.165) is 32.3 Å². The fourth-order valence-electron chi connectivity index (χ4n) is 4.04. The molecule has 3 heterocycles. The third-order valence-electron chi connectivity index (χ3n) is 5.89. The molecule has 0 radical (unpaired) electrons. The van der Waals surface area contributed by atoms with Crippen LogP contribution in [-0.4, -0.2) is 32.7 Å². The molecule has 7 nitrogen and oxygen atoms in total. The van der Waals surface area contributed by atoms with Crippen molar-refractivity contribution < 1.29 is 18.7 Å². The third-order valence-corrected chi connectivity index (χ3v) is 7.76. The number of nitrogens with one attached hydrogen (secondary N) is 1. The summed E-state index contributed by atoms with van der Waals surface area (Å²) < 4.78 is 13.8. The number of halogens is 1. The predicted molar refractivity (Wildman–Crippen MR) is 152 cm³/mol. The number of benzene rings is 2. The molecular weight excluding hydrogens is 574 g/mol. The second kappa shape index (κ2) is 11.0. The van der Waals surface area contributed by atoms with Crippen LogP contribution in [0.25, 0.3) is 17.0 Å². The number of amides is 2. The summed E-state index contributed by atoms with van der Waals surface area (Å²) in [6.07, 6.45) is 5.31. The van der Waals surface area contributed by atoms with Gasteiger partial charge in [0.25, 0.3) is 5.91 Å². The standard InChI is InChI=1S/C27H22BrN3O4S2/c1-34-20-7-4-17(5-8-20)14-31-26(33)24(37-27(31)36)11-18-15-30(23-9-6-19(28)12-22(18)23)16-25(32)29-13-21-3-2-10-35-21/h2-12,15H,13-14,16H2,1H3,(H,29,32)/b24-11-. The van der Waals surface area contributed by atoms with Crippen molar-refractivity contribution in [3.05, 3.63) is 93.3 Å². The third kappa shape index (κ3) is 5.66. The highest BCUT2D eigenvalue weighted by Crippen LogP contribution is 2.36. The van der Waals surface area contributed by atoms with Crippen molar-refractivity contribution in [1.29, 1.82) is 0 Å². The summed E-state index contributed by atoms with van der Waals surface area (Å²) in [5, 5.41) is 3.80. The van der Waals surface area contributed by atoms with Crippen molar-refractivity contribution >= 4 is 73.0 Å². The Labute approximate surface area is 231 Å². The number of furan rings is 1. The maximum absolute atomic E-state index is 13.3. The van der Waals surface area contributed by atoms with Crippen LogP contribution in [0.2, 0.25) is 0 Å². The number of thiocarbonyl (C=S) groups is 1. The van der Waals surface area contributed by atoms with Gasteiger partial charge in [-0.05, 0) is 54.1 Å². The number of carbonyl (C=O) groups is 2. The van der Waals surface area contributed by atoms with E-state index in [0.29, 0.717) is 28.1 Å². The lowest BCUT2D eigenvalue weighted by molar-refractivity contribution is -0.123. The summed E-state index contributed by atoms with van der Waals surface area (Å²) in [5.74, 6) is 1.16. The molecule has 1 aliphatic heterocycles. The molecule has 2 amide bonds. The van der Waals surface area contributed by atoms with E-state index in [-0.39, 0.29) is 18.4 Å². The molecule has 0 atom stereocenters. The number of hydrogen-bond acceptors (Lipinski definition) is 6. The van der Waals surface area contributed by atoms with Gasteiger partial charge in [-0.2, -0.15) is 0 Å². The van der Waals surface area contributed by atoms with E-state index in [1.54, 1.807) is 24.3 Å². The lowest BCUT2D eigenvalue weighted by atomic mass is 10.1. The average molecular weight is 597 g/mol. The molecular formula is C27H22BrN3O4S2. The molecule has 0 aliphatic carbocycles. The normalized spacial score (nSPS) is 14.6. The Morgan fingerprint density at radius 2 is 2.03 bits per heavy atom. The smallest absolute Gasteiger partial charge is 0.266 e. The Morgan fingerprint density at radius 3 is 2.76 bits per heavy atom. The van der Waals surface area contributed by atoms with E-state index in [1.165, 1.54) is 11.8 Å². The molecule has 2 aromatic carbocycles. The first-order chi connectivity index (χ1) is 17.9. The molecule has 2 aromatic heterocycles. The number of hydrogen-bond donors (Lipinski definition) is 1. The van der Waals surface area contributed by atoms with E-state index < -0.39 is 0 Å². The molecule has 1 aliphatic rings. The molecule has 5 rings (SSSR count). The van der Waals surface area contributed by atoms with Gasteiger partial charge in [0, 0.05) is 27.1 Å². The SMILES string of the molecule is COc1ccc(CN2C(=O)/C(=C/c3cn(CC(=O)NCc4ccco4)c4ccc(Br)cc34)SC2=S)cc1. The number of methoxy groups -OCH3 is 1. The number of nitrogens with zero attached hydrogens (tertiary/aromatic N) is 2. The largest absolute Gasteiger partial charge is 0.497 e. The highest BCUT2D eigenvalue weighted by Gasteiger charge is 2.32. The number of aromatic nitrogens is 1. The van der Waals surface area contributed by atoms with Gasteiger partial charge >= 0.3 is 0 Å². The fourth-order valence-corrected chi connectivity index (χ4v) is 5.65. The zero-order chi connectivity index (χ0) is 25.9. The quantitative estimate of drug-likeness (QED) is 0.207. The minimum Gasteiger partial charge on any atom is -0.497 e. The van der Waals surface area contributed by atoms with Crippen LogP contribution in [-0.2, 0) is 29.2 Å². The first-order valence-electron chi connectivity index (χ1n) is 11.4. The molecule has 1 saturated heterocycles.